The fourth-order valence-corrected chi connectivity index (χ4v) is 3.92. The van der Waals surface area contributed by atoms with Gasteiger partial charge in [0.2, 0.25) is 5.91 Å². The highest BCUT2D eigenvalue weighted by Crippen LogP contribution is 2.19. The Labute approximate surface area is 204 Å². The Morgan fingerprint density at radius 3 is 2.74 bits per heavy atom. The van der Waals surface area contributed by atoms with Crippen molar-refractivity contribution in [1.29, 1.82) is 0 Å². The first-order valence-corrected chi connectivity index (χ1v) is 11.3. The number of nitrogens with zero attached hydrogens (tertiary/aromatic N) is 3. The molecule has 1 saturated heterocycles. The number of hydrogen-bond acceptors (Lipinski definition) is 7. The Morgan fingerprint density at radius 1 is 1.09 bits per heavy atom. The number of methoxy groups -OCH3 is 2. The maximum atomic E-state index is 13.2. The molecule has 0 bridgehead atoms. The minimum absolute atomic E-state index is 0.0784. The summed E-state index contributed by atoms with van der Waals surface area (Å²) < 4.78 is 22.2. The quantitative estimate of drug-likeness (QED) is 0.466. The molecule has 0 N–H and O–H groups in total. The van der Waals surface area contributed by atoms with Crippen LogP contribution in [0.5, 0.6) is 5.75 Å². The summed E-state index contributed by atoms with van der Waals surface area (Å²) in [5.41, 5.74) is 1.70. The summed E-state index contributed by atoms with van der Waals surface area (Å²) >= 11 is 0. The number of hydrogen-bond donors (Lipinski definition) is 0. The van der Waals surface area contributed by atoms with Gasteiger partial charge in [0.25, 0.3) is 5.91 Å². The SMILES string of the molecule is COCc1ccc(C(=O)N2CC(=O)N(Cc3ccccn3)CC(OCc3cccc(OC)c3)C2)o1. The van der Waals surface area contributed by atoms with Crippen LogP contribution in [0, 0.1) is 0 Å². The molecule has 0 aliphatic carbocycles. The van der Waals surface area contributed by atoms with Crippen LogP contribution in [0.25, 0.3) is 0 Å². The van der Waals surface area contributed by atoms with E-state index in [0.29, 0.717) is 25.5 Å². The van der Waals surface area contributed by atoms with Crippen molar-refractivity contribution in [3.05, 3.63) is 83.6 Å². The van der Waals surface area contributed by atoms with E-state index in [2.05, 4.69) is 4.98 Å². The molecule has 1 atom stereocenters. The third-order valence-corrected chi connectivity index (χ3v) is 5.67. The molecule has 2 aromatic heterocycles. The molecule has 0 spiro atoms. The maximum Gasteiger partial charge on any atom is 0.290 e. The number of amides is 2. The molecule has 0 radical (unpaired) electrons. The molecule has 1 aliphatic heterocycles. The van der Waals surface area contributed by atoms with E-state index in [1.54, 1.807) is 37.4 Å². The first kappa shape index (κ1) is 24.4. The molecule has 1 aromatic carbocycles. The van der Waals surface area contributed by atoms with Crippen LogP contribution >= 0.6 is 0 Å². The molecule has 9 nitrogen and oxygen atoms in total. The summed E-state index contributed by atoms with van der Waals surface area (Å²) in [6.07, 6.45) is 1.28. The van der Waals surface area contributed by atoms with Gasteiger partial charge in [0.15, 0.2) is 5.76 Å². The fourth-order valence-electron chi connectivity index (χ4n) is 3.92. The number of furan rings is 1. The summed E-state index contributed by atoms with van der Waals surface area (Å²) in [5.74, 6) is 0.894. The predicted octanol–water partition coefficient (Wildman–Crippen LogP) is 2.90. The van der Waals surface area contributed by atoms with Crippen molar-refractivity contribution in [3.8, 4) is 5.75 Å². The molecule has 4 rings (SSSR count). The van der Waals surface area contributed by atoms with Crippen LogP contribution in [0.3, 0.4) is 0 Å². The van der Waals surface area contributed by atoms with Gasteiger partial charge in [0.1, 0.15) is 24.7 Å². The van der Waals surface area contributed by atoms with E-state index in [-0.39, 0.29) is 37.3 Å². The molecule has 1 unspecified atom stereocenters. The van der Waals surface area contributed by atoms with Crippen molar-refractivity contribution in [2.75, 3.05) is 33.9 Å². The molecule has 3 heterocycles. The Kier molecular flexibility index (Phi) is 8.12. The van der Waals surface area contributed by atoms with Crippen LogP contribution < -0.4 is 4.74 Å². The van der Waals surface area contributed by atoms with Crippen molar-refractivity contribution >= 4 is 11.8 Å². The van der Waals surface area contributed by atoms with Gasteiger partial charge in [-0.1, -0.05) is 18.2 Å². The van der Waals surface area contributed by atoms with Gasteiger partial charge in [-0.2, -0.15) is 0 Å². The number of benzene rings is 1. The molecule has 3 aromatic rings. The van der Waals surface area contributed by atoms with Gasteiger partial charge in [-0.05, 0) is 42.0 Å². The molecular weight excluding hydrogens is 450 g/mol. The van der Waals surface area contributed by atoms with Gasteiger partial charge in [-0.3, -0.25) is 14.6 Å². The smallest absolute Gasteiger partial charge is 0.290 e. The van der Waals surface area contributed by atoms with E-state index in [1.165, 1.54) is 4.90 Å². The summed E-state index contributed by atoms with van der Waals surface area (Å²) in [6, 6.07) is 16.5. The fraction of sp³-hybridized carbons (Fsp3) is 0.346. The molecule has 184 valence electrons. The van der Waals surface area contributed by atoms with Gasteiger partial charge < -0.3 is 28.4 Å². The van der Waals surface area contributed by atoms with E-state index in [4.69, 9.17) is 18.6 Å². The Morgan fingerprint density at radius 2 is 1.97 bits per heavy atom. The van der Waals surface area contributed by atoms with E-state index >= 15 is 0 Å². The average Bonchev–Trinajstić information content (AvgIpc) is 3.29. The highest BCUT2D eigenvalue weighted by atomic mass is 16.5. The first-order valence-electron chi connectivity index (χ1n) is 11.3. The van der Waals surface area contributed by atoms with Gasteiger partial charge in [-0.15, -0.1) is 0 Å². The summed E-state index contributed by atoms with van der Waals surface area (Å²) in [7, 11) is 3.17. The number of ether oxygens (including phenoxy) is 3. The van der Waals surface area contributed by atoms with Crippen LogP contribution in [0.1, 0.15) is 27.6 Å². The van der Waals surface area contributed by atoms with E-state index in [1.807, 2.05) is 42.5 Å². The second-order valence-electron chi connectivity index (χ2n) is 8.26. The number of rotatable bonds is 9. The van der Waals surface area contributed by atoms with Gasteiger partial charge in [0.05, 0.1) is 32.1 Å². The molecule has 1 aliphatic rings. The molecule has 2 amide bonds. The van der Waals surface area contributed by atoms with Gasteiger partial charge in [0, 0.05) is 26.4 Å². The topological polar surface area (TPSA) is 94.3 Å². The number of carbonyl (C=O) groups excluding carboxylic acids is 2. The van der Waals surface area contributed by atoms with Crippen LogP contribution in [-0.4, -0.2) is 66.6 Å². The van der Waals surface area contributed by atoms with Crippen LogP contribution in [0.2, 0.25) is 0 Å². The van der Waals surface area contributed by atoms with Crippen molar-refractivity contribution < 1.29 is 28.2 Å². The molecule has 9 heteroatoms. The van der Waals surface area contributed by atoms with Crippen molar-refractivity contribution in [3.63, 3.8) is 0 Å². The number of pyridine rings is 1. The van der Waals surface area contributed by atoms with Gasteiger partial charge in [-0.25, -0.2) is 0 Å². The van der Waals surface area contributed by atoms with E-state index in [0.717, 1.165) is 17.0 Å². The van der Waals surface area contributed by atoms with E-state index < -0.39 is 6.10 Å². The molecule has 1 fully saturated rings. The number of carbonyl (C=O) groups is 2. The lowest BCUT2D eigenvalue weighted by molar-refractivity contribution is -0.132. The minimum Gasteiger partial charge on any atom is -0.497 e. The second-order valence-corrected chi connectivity index (χ2v) is 8.26. The minimum atomic E-state index is -0.409. The number of aromatic nitrogens is 1. The third-order valence-electron chi connectivity index (χ3n) is 5.67. The Hall–Kier alpha value is -3.69. The normalized spacial score (nSPS) is 16.3. The molecular formula is C26H29N3O6. The zero-order valence-corrected chi connectivity index (χ0v) is 19.9. The lowest BCUT2D eigenvalue weighted by Crippen LogP contribution is -2.39. The molecule has 35 heavy (non-hydrogen) atoms. The summed E-state index contributed by atoms with van der Waals surface area (Å²) in [6.45, 7) is 1.40. The highest BCUT2D eigenvalue weighted by Gasteiger charge is 2.32. The monoisotopic (exact) mass is 479 g/mol. The van der Waals surface area contributed by atoms with Gasteiger partial charge >= 0.3 is 0 Å². The zero-order valence-electron chi connectivity index (χ0n) is 19.9. The molecule has 0 saturated carbocycles. The summed E-state index contributed by atoms with van der Waals surface area (Å²) in [4.78, 5) is 33.9. The average molecular weight is 480 g/mol. The largest absolute Gasteiger partial charge is 0.497 e. The zero-order chi connectivity index (χ0) is 24.6. The van der Waals surface area contributed by atoms with Crippen LogP contribution in [0.15, 0.2) is 65.2 Å². The summed E-state index contributed by atoms with van der Waals surface area (Å²) in [5, 5.41) is 0. The van der Waals surface area contributed by atoms with Crippen molar-refractivity contribution in [2.45, 2.75) is 25.9 Å². The first-order chi connectivity index (χ1) is 17.1. The highest BCUT2D eigenvalue weighted by molar-refractivity contribution is 5.94. The lowest BCUT2D eigenvalue weighted by atomic mass is 10.2. The van der Waals surface area contributed by atoms with Crippen molar-refractivity contribution in [2.24, 2.45) is 0 Å². The predicted molar refractivity (Wildman–Crippen MR) is 127 cm³/mol. The van der Waals surface area contributed by atoms with Crippen LogP contribution in [0.4, 0.5) is 0 Å². The van der Waals surface area contributed by atoms with Crippen molar-refractivity contribution in [1.82, 2.24) is 14.8 Å². The maximum absolute atomic E-state index is 13.2. The lowest BCUT2D eigenvalue weighted by Gasteiger charge is -2.24. The Bertz CT molecular complexity index is 1130. The van der Waals surface area contributed by atoms with Crippen LogP contribution in [-0.2, 0) is 34.0 Å². The standard InChI is InChI=1S/C26H29N3O6/c1-32-18-22-9-10-24(35-22)26(31)29-15-23(34-17-19-6-5-8-21(12-19)33-2)14-28(25(30)16-29)13-20-7-3-4-11-27-20/h3-12,23H,13-18H2,1-2H3. The van der Waals surface area contributed by atoms with E-state index in [9.17, 15) is 9.59 Å². The Balaban J connectivity index is 1.52. The third kappa shape index (κ3) is 6.46. The second kappa shape index (κ2) is 11.6.